The van der Waals surface area contributed by atoms with Gasteiger partial charge >= 0.3 is 5.97 Å². The summed E-state index contributed by atoms with van der Waals surface area (Å²) in [5.41, 5.74) is 1.79. The Morgan fingerprint density at radius 1 is 1.17 bits per heavy atom. The van der Waals surface area contributed by atoms with Crippen LogP contribution in [0.5, 0.6) is 11.6 Å². The van der Waals surface area contributed by atoms with Gasteiger partial charge in [0, 0.05) is 18.3 Å². The monoisotopic (exact) mass is 421 g/mol. The van der Waals surface area contributed by atoms with Gasteiger partial charge in [0.15, 0.2) is 5.13 Å². The van der Waals surface area contributed by atoms with Crippen molar-refractivity contribution in [1.82, 2.24) is 9.97 Å². The predicted molar refractivity (Wildman–Crippen MR) is 113 cm³/mol. The summed E-state index contributed by atoms with van der Waals surface area (Å²) in [5.74, 6) is -1.36. The molecule has 3 aromatic rings. The Kier molecular flexibility index (Phi) is 4.51. The number of aromatic nitrogens is 2. The number of allylic oxidation sites excluding steroid dienone is 2. The van der Waals surface area contributed by atoms with Gasteiger partial charge in [0.25, 0.3) is 0 Å². The Hall–Kier alpha value is -3.26. The van der Waals surface area contributed by atoms with E-state index in [0.717, 1.165) is 22.2 Å². The number of amides is 1. The van der Waals surface area contributed by atoms with Crippen molar-refractivity contribution in [2.45, 2.75) is 13.3 Å². The Balaban J connectivity index is 1.35. The predicted octanol–water partition coefficient (Wildman–Crippen LogP) is 4.25. The summed E-state index contributed by atoms with van der Waals surface area (Å²) in [6.45, 7) is 1.97. The zero-order valence-corrected chi connectivity index (χ0v) is 16.9. The van der Waals surface area contributed by atoms with Gasteiger partial charge in [-0.3, -0.25) is 9.59 Å². The number of nitrogens with zero attached hydrogens (tertiary/aromatic N) is 2. The second-order valence-corrected chi connectivity index (χ2v) is 8.78. The van der Waals surface area contributed by atoms with E-state index in [9.17, 15) is 14.7 Å². The van der Waals surface area contributed by atoms with Crippen molar-refractivity contribution in [2.24, 2.45) is 23.7 Å². The molecule has 2 aromatic heterocycles. The molecule has 2 N–H and O–H groups in total. The first-order valence-electron chi connectivity index (χ1n) is 9.71. The van der Waals surface area contributed by atoms with Crippen molar-refractivity contribution in [3.8, 4) is 11.6 Å². The van der Waals surface area contributed by atoms with Gasteiger partial charge in [0.05, 0.1) is 22.1 Å². The standard InChI is InChI=1S/C22H19N3O4S/c1-11-6-7-23-17(8-11)29-14-4-5-15-16(10-14)30-22(24-15)25-20(26)18-12-2-3-13(9-12)19(18)21(27)28/h2-8,10,12-13,18-19H,9H2,1H3,(H,27,28)(H,24,25,26). The average molecular weight is 421 g/mol. The van der Waals surface area contributed by atoms with Gasteiger partial charge in [0.2, 0.25) is 11.8 Å². The number of carboxylic acids is 1. The van der Waals surface area contributed by atoms with E-state index in [1.165, 1.54) is 11.3 Å². The number of aryl methyl sites for hydroxylation is 1. The third kappa shape index (κ3) is 3.33. The highest BCUT2D eigenvalue weighted by Gasteiger charge is 2.51. The fraction of sp³-hybridized carbons (Fsp3) is 0.273. The summed E-state index contributed by atoms with van der Waals surface area (Å²) in [5, 5.41) is 12.9. The smallest absolute Gasteiger partial charge is 0.307 e. The van der Waals surface area contributed by atoms with Crippen molar-refractivity contribution in [1.29, 1.82) is 0 Å². The maximum Gasteiger partial charge on any atom is 0.307 e. The third-order valence-electron chi connectivity index (χ3n) is 5.75. The molecule has 8 heteroatoms. The van der Waals surface area contributed by atoms with Gasteiger partial charge in [-0.2, -0.15) is 0 Å². The topological polar surface area (TPSA) is 101 Å². The maximum atomic E-state index is 12.9. The van der Waals surface area contributed by atoms with Crippen LogP contribution in [-0.2, 0) is 9.59 Å². The lowest BCUT2D eigenvalue weighted by Gasteiger charge is -2.23. The number of ether oxygens (including phenoxy) is 1. The zero-order chi connectivity index (χ0) is 20.8. The summed E-state index contributed by atoms with van der Waals surface area (Å²) < 4.78 is 6.68. The number of carbonyl (C=O) groups is 2. The van der Waals surface area contributed by atoms with Crippen LogP contribution < -0.4 is 10.1 Å². The molecule has 1 amide bonds. The maximum absolute atomic E-state index is 12.9. The highest BCUT2D eigenvalue weighted by atomic mass is 32.1. The zero-order valence-electron chi connectivity index (χ0n) is 16.1. The van der Waals surface area contributed by atoms with Gasteiger partial charge in [-0.25, -0.2) is 9.97 Å². The fourth-order valence-electron chi connectivity index (χ4n) is 4.41. The number of hydrogen-bond acceptors (Lipinski definition) is 6. The van der Waals surface area contributed by atoms with E-state index in [1.54, 1.807) is 12.3 Å². The van der Waals surface area contributed by atoms with Gasteiger partial charge in [0.1, 0.15) is 5.75 Å². The van der Waals surface area contributed by atoms with Crippen LogP contribution in [0, 0.1) is 30.6 Å². The van der Waals surface area contributed by atoms with Gasteiger partial charge < -0.3 is 15.2 Å². The molecule has 30 heavy (non-hydrogen) atoms. The molecule has 0 saturated heterocycles. The number of anilines is 1. The van der Waals surface area contributed by atoms with Crippen molar-refractivity contribution < 1.29 is 19.4 Å². The first-order chi connectivity index (χ1) is 14.5. The SMILES string of the molecule is Cc1ccnc(Oc2ccc3nc(NC(=O)C4C5C=CC(C5)C4C(=O)O)sc3c2)c1. The number of benzene rings is 1. The van der Waals surface area contributed by atoms with E-state index in [-0.39, 0.29) is 17.7 Å². The Labute approximate surface area is 176 Å². The Morgan fingerprint density at radius 2 is 1.97 bits per heavy atom. The number of pyridine rings is 1. The Morgan fingerprint density at radius 3 is 2.73 bits per heavy atom. The molecule has 0 radical (unpaired) electrons. The quantitative estimate of drug-likeness (QED) is 0.597. The molecule has 152 valence electrons. The number of fused-ring (bicyclic) bond motifs is 3. The summed E-state index contributed by atoms with van der Waals surface area (Å²) in [6, 6.07) is 9.24. The number of carboxylic acid groups (broad SMARTS) is 1. The van der Waals surface area contributed by atoms with Crippen LogP contribution in [0.2, 0.25) is 0 Å². The largest absolute Gasteiger partial charge is 0.481 e. The number of nitrogens with one attached hydrogen (secondary N) is 1. The molecular formula is C22H19N3O4S. The third-order valence-corrected chi connectivity index (χ3v) is 6.68. The van der Waals surface area contributed by atoms with Gasteiger partial charge in [-0.1, -0.05) is 23.5 Å². The second-order valence-electron chi connectivity index (χ2n) is 7.75. The molecule has 1 fully saturated rings. The Bertz CT molecular complexity index is 1190. The van der Waals surface area contributed by atoms with Crippen LogP contribution in [0.3, 0.4) is 0 Å². The molecule has 1 aromatic carbocycles. The lowest BCUT2D eigenvalue weighted by atomic mass is 9.82. The van der Waals surface area contributed by atoms with Crippen LogP contribution in [0.1, 0.15) is 12.0 Å². The van der Waals surface area contributed by atoms with Crippen molar-refractivity contribution in [3.63, 3.8) is 0 Å². The molecule has 0 spiro atoms. The van der Waals surface area contributed by atoms with Crippen LogP contribution in [-0.4, -0.2) is 27.0 Å². The molecule has 1 saturated carbocycles. The summed E-state index contributed by atoms with van der Waals surface area (Å²) in [7, 11) is 0. The van der Waals surface area contributed by atoms with Gasteiger partial charge in [-0.15, -0.1) is 0 Å². The van der Waals surface area contributed by atoms with E-state index >= 15 is 0 Å². The van der Waals surface area contributed by atoms with Crippen LogP contribution in [0.25, 0.3) is 10.2 Å². The highest BCUT2D eigenvalue weighted by molar-refractivity contribution is 7.22. The minimum absolute atomic E-state index is 0.0210. The number of rotatable bonds is 5. The summed E-state index contributed by atoms with van der Waals surface area (Å²) in [4.78, 5) is 33.2. The normalized spacial score (nSPS) is 24.3. The fourth-order valence-corrected chi connectivity index (χ4v) is 5.31. The second kappa shape index (κ2) is 7.21. The minimum Gasteiger partial charge on any atom is -0.481 e. The van der Waals surface area contributed by atoms with Crippen LogP contribution in [0.4, 0.5) is 5.13 Å². The summed E-state index contributed by atoms with van der Waals surface area (Å²) >= 11 is 1.33. The molecule has 2 bridgehead atoms. The van der Waals surface area contributed by atoms with E-state index in [0.29, 0.717) is 16.8 Å². The van der Waals surface area contributed by atoms with Crippen LogP contribution >= 0.6 is 11.3 Å². The molecule has 0 aliphatic heterocycles. The molecular weight excluding hydrogens is 402 g/mol. The van der Waals surface area contributed by atoms with Gasteiger partial charge in [-0.05, 0) is 48.9 Å². The molecule has 2 heterocycles. The lowest BCUT2D eigenvalue weighted by molar-refractivity contribution is -0.146. The highest BCUT2D eigenvalue weighted by Crippen LogP contribution is 2.48. The van der Waals surface area contributed by atoms with Crippen molar-refractivity contribution in [3.05, 3.63) is 54.2 Å². The number of carbonyl (C=O) groups excluding carboxylic acids is 1. The number of aliphatic carboxylic acids is 1. The molecule has 4 unspecified atom stereocenters. The first kappa shape index (κ1) is 18.7. The molecule has 2 aliphatic carbocycles. The minimum atomic E-state index is -0.914. The van der Waals surface area contributed by atoms with E-state index in [1.807, 2.05) is 43.3 Å². The van der Waals surface area contributed by atoms with E-state index in [4.69, 9.17) is 4.74 Å². The summed E-state index contributed by atoms with van der Waals surface area (Å²) in [6.07, 6.45) is 6.31. The molecule has 5 rings (SSSR count). The van der Waals surface area contributed by atoms with Crippen LogP contribution in [0.15, 0.2) is 48.7 Å². The molecule has 7 nitrogen and oxygen atoms in total. The van der Waals surface area contributed by atoms with Crippen molar-refractivity contribution >= 4 is 38.6 Å². The first-order valence-corrected chi connectivity index (χ1v) is 10.5. The lowest BCUT2D eigenvalue weighted by Crippen LogP contribution is -2.36. The van der Waals surface area contributed by atoms with Crippen molar-refractivity contribution in [2.75, 3.05) is 5.32 Å². The molecule has 2 aliphatic rings. The molecule has 4 atom stereocenters. The van der Waals surface area contributed by atoms with E-state index in [2.05, 4.69) is 15.3 Å². The average Bonchev–Trinajstić information content (AvgIpc) is 3.41. The van der Waals surface area contributed by atoms with E-state index < -0.39 is 17.8 Å². The number of hydrogen-bond donors (Lipinski definition) is 2. The number of thiazole rings is 1.